The molecule has 4 saturated carbocycles. The zero-order chi connectivity index (χ0) is 15.4. The average molecular weight is 319 g/mol. The molecule has 6 fully saturated rings. The van der Waals surface area contributed by atoms with Crippen molar-refractivity contribution in [1.82, 2.24) is 4.90 Å². The molecule has 2 heterocycles. The molecule has 1 atom stereocenters. The average Bonchev–Trinajstić information content (AvgIpc) is 3.07. The normalized spacial score (nSPS) is 46.5. The molecule has 0 aromatic carbocycles. The fourth-order valence-corrected chi connectivity index (χ4v) is 7.05. The quantitative estimate of drug-likeness (QED) is 0.819. The smallest absolute Gasteiger partial charge is 0.252 e. The molecule has 0 radical (unpaired) electrons. The van der Waals surface area contributed by atoms with Gasteiger partial charge < -0.3 is 14.5 Å². The lowest BCUT2D eigenvalue weighted by molar-refractivity contribution is -0.962. The Labute approximate surface area is 139 Å². The minimum absolute atomic E-state index is 0.129. The number of carbonyl (C=O) groups is 1. The molecular weight excluding hydrogens is 288 g/mol. The summed E-state index contributed by atoms with van der Waals surface area (Å²) in [6.07, 6.45) is 10.9. The van der Waals surface area contributed by atoms with Crippen LogP contribution in [0, 0.1) is 17.8 Å². The highest BCUT2D eigenvalue weighted by molar-refractivity contribution is 5.81. The van der Waals surface area contributed by atoms with Crippen molar-refractivity contribution in [3.05, 3.63) is 0 Å². The van der Waals surface area contributed by atoms with E-state index in [-0.39, 0.29) is 12.0 Å². The fourth-order valence-electron chi connectivity index (χ4n) is 7.05. The highest BCUT2D eigenvalue weighted by Crippen LogP contribution is 2.54. The van der Waals surface area contributed by atoms with Crippen molar-refractivity contribution >= 4 is 5.91 Å². The van der Waals surface area contributed by atoms with Crippen molar-refractivity contribution in [1.29, 1.82) is 0 Å². The molecule has 23 heavy (non-hydrogen) atoms. The molecule has 6 aliphatic rings. The maximum absolute atomic E-state index is 12.5. The molecule has 4 bridgehead atoms. The van der Waals surface area contributed by atoms with Gasteiger partial charge in [0.05, 0.1) is 31.7 Å². The number of rotatable bonds is 2. The van der Waals surface area contributed by atoms with E-state index in [0.29, 0.717) is 5.54 Å². The third-order valence-electron chi connectivity index (χ3n) is 7.67. The lowest BCUT2D eigenvalue weighted by Gasteiger charge is -2.59. The highest BCUT2D eigenvalue weighted by Gasteiger charge is 2.56. The van der Waals surface area contributed by atoms with Crippen LogP contribution in [0.1, 0.15) is 51.4 Å². The minimum Gasteiger partial charge on any atom is -0.368 e. The number of piperazine rings is 1. The molecule has 128 valence electrons. The number of hydrogen-bond donors (Lipinski definition) is 1. The second-order valence-electron chi connectivity index (χ2n) is 9.13. The maximum Gasteiger partial charge on any atom is 0.252 e. The number of ether oxygens (including phenoxy) is 1. The van der Waals surface area contributed by atoms with Gasteiger partial charge >= 0.3 is 0 Å². The van der Waals surface area contributed by atoms with Crippen LogP contribution in [-0.2, 0) is 9.53 Å². The molecule has 0 spiro atoms. The van der Waals surface area contributed by atoms with Gasteiger partial charge in [-0.3, -0.25) is 4.79 Å². The number of nitrogens with zero attached hydrogens (tertiary/aromatic N) is 1. The number of hydrogen-bond acceptors (Lipinski definition) is 2. The van der Waals surface area contributed by atoms with E-state index < -0.39 is 0 Å². The van der Waals surface area contributed by atoms with Crippen molar-refractivity contribution in [3.8, 4) is 0 Å². The number of amides is 1. The predicted octanol–water partition coefficient (Wildman–Crippen LogP) is 0.861. The summed E-state index contributed by atoms with van der Waals surface area (Å²) in [5.74, 6) is 3.35. The predicted molar refractivity (Wildman–Crippen MR) is 87.2 cm³/mol. The van der Waals surface area contributed by atoms with Crippen molar-refractivity contribution < 1.29 is 14.4 Å². The molecule has 4 heteroatoms. The Hall–Kier alpha value is -0.610. The van der Waals surface area contributed by atoms with Gasteiger partial charge in [0.25, 0.3) is 5.91 Å². The Morgan fingerprint density at radius 3 is 2.13 bits per heavy atom. The van der Waals surface area contributed by atoms with Gasteiger partial charge in [-0.1, -0.05) is 0 Å². The first-order valence-corrected chi connectivity index (χ1v) is 9.97. The fraction of sp³-hybridized carbons (Fsp3) is 0.947. The number of carbonyl (C=O) groups excluding carboxylic acids is 1. The van der Waals surface area contributed by atoms with Crippen LogP contribution in [0.2, 0.25) is 0 Å². The van der Waals surface area contributed by atoms with Gasteiger partial charge in [-0.15, -0.1) is 0 Å². The van der Waals surface area contributed by atoms with Crippen LogP contribution in [0.5, 0.6) is 0 Å². The van der Waals surface area contributed by atoms with Crippen LogP contribution in [-0.4, -0.2) is 55.2 Å². The van der Waals surface area contributed by atoms with Crippen molar-refractivity contribution in [2.75, 3.05) is 32.8 Å². The molecule has 0 aromatic rings. The van der Waals surface area contributed by atoms with E-state index >= 15 is 0 Å². The van der Waals surface area contributed by atoms with E-state index in [4.69, 9.17) is 4.74 Å². The standard InChI is InChI=1S/C19H30N2O2/c22-18(17-2-1-7-23-17)20-3-5-21(6-4-20)19-11-14-8-15(12-19)10-16(9-14)13-19/h14-17H,1-13H2/p+1/t14?,15?,16?,17-,19?/m0/s1. The van der Waals surface area contributed by atoms with Gasteiger partial charge in [0.1, 0.15) is 6.10 Å². The van der Waals surface area contributed by atoms with Gasteiger partial charge in [-0.05, 0) is 49.9 Å². The number of nitrogens with one attached hydrogen (secondary N) is 1. The summed E-state index contributed by atoms with van der Waals surface area (Å²) in [7, 11) is 0. The topological polar surface area (TPSA) is 34.0 Å². The van der Waals surface area contributed by atoms with Crippen molar-refractivity contribution in [2.45, 2.75) is 63.0 Å². The van der Waals surface area contributed by atoms with Crippen LogP contribution >= 0.6 is 0 Å². The Bertz CT molecular complexity index is 442. The van der Waals surface area contributed by atoms with Gasteiger partial charge in [-0.25, -0.2) is 0 Å². The first-order valence-electron chi connectivity index (χ1n) is 9.97. The van der Waals surface area contributed by atoms with Crippen LogP contribution in [0.15, 0.2) is 0 Å². The monoisotopic (exact) mass is 319 g/mol. The van der Waals surface area contributed by atoms with Gasteiger partial charge in [0.2, 0.25) is 0 Å². The van der Waals surface area contributed by atoms with Crippen LogP contribution in [0.4, 0.5) is 0 Å². The molecule has 2 aliphatic heterocycles. The summed E-state index contributed by atoms with van der Waals surface area (Å²) in [4.78, 5) is 16.5. The maximum atomic E-state index is 12.5. The van der Waals surface area contributed by atoms with E-state index in [1.807, 2.05) is 4.90 Å². The Morgan fingerprint density at radius 2 is 1.61 bits per heavy atom. The lowest BCUT2D eigenvalue weighted by atomic mass is 9.52. The van der Waals surface area contributed by atoms with Crippen LogP contribution in [0.3, 0.4) is 0 Å². The van der Waals surface area contributed by atoms with Crippen LogP contribution < -0.4 is 4.90 Å². The summed E-state index contributed by atoms with van der Waals surface area (Å²) < 4.78 is 5.60. The summed E-state index contributed by atoms with van der Waals surface area (Å²) in [5, 5.41) is 0. The minimum atomic E-state index is -0.129. The second kappa shape index (κ2) is 5.45. The molecule has 2 saturated heterocycles. The highest BCUT2D eigenvalue weighted by atomic mass is 16.5. The Morgan fingerprint density at radius 1 is 1.00 bits per heavy atom. The van der Waals surface area contributed by atoms with Crippen molar-refractivity contribution in [3.63, 3.8) is 0 Å². The van der Waals surface area contributed by atoms with E-state index in [2.05, 4.69) is 4.90 Å². The Kier molecular flexibility index (Phi) is 3.49. The first kappa shape index (κ1) is 14.7. The van der Waals surface area contributed by atoms with E-state index in [9.17, 15) is 4.79 Å². The van der Waals surface area contributed by atoms with E-state index in [1.54, 1.807) is 0 Å². The summed E-state index contributed by atoms with van der Waals surface area (Å²) in [6.45, 7) is 5.02. The Balaban J connectivity index is 1.24. The zero-order valence-corrected chi connectivity index (χ0v) is 14.3. The van der Waals surface area contributed by atoms with E-state index in [1.165, 1.54) is 51.6 Å². The summed E-state index contributed by atoms with van der Waals surface area (Å²) in [6, 6.07) is 0. The third kappa shape index (κ3) is 2.44. The largest absolute Gasteiger partial charge is 0.368 e. The third-order valence-corrected chi connectivity index (χ3v) is 7.67. The summed E-state index contributed by atoms with van der Waals surface area (Å²) in [5.41, 5.74) is 0.591. The summed E-state index contributed by atoms with van der Waals surface area (Å²) >= 11 is 0. The second-order valence-corrected chi connectivity index (χ2v) is 9.13. The molecule has 6 rings (SSSR count). The molecular formula is C19H31N2O2+. The molecule has 4 aliphatic carbocycles. The molecule has 0 unspecified atom stereocenters. The zero-order valence-electron chi connectivity index (χ0n) is 14.3. The van der Waals surface area contributed by atoms with Gasteiger partial charge in [0.15, 0.2) is 0 Å². The molecule has 1 amide bonds. The number of quaternary nitrogens is 1. The first-order chi connectivity index (χ1) is 11.2. The molecule has 1 N–H and O–H groups in total. The molecule has 0 aromatic heterocycles. The van der Waals surface area contributed by atoms with Gasteiger partial charge in [-0.2, -0.15) is 0 Å². The lowest BCUT2D eigenvalue weighted by Crippen LogP contribution is -3.23. The van der Waals surface area contributed by atoms with Crippen LogP contribution in [0.25, 0.3) is 0 Å². The SMILES string of the molecule is O=C([C@@H]1CCCO1)N1CC[NH+](C23CC4CC(CC(C4)C2)C3)CC1. The van der Waals surface area contributed by atoms with E-state index in [0.717, 1.165) is 50.3 Å². The van der Waals surface area contributed by atoms with Crippen molar-refractivity contribution in [2.24, 2.45) is 17.8 Å². The molecule has 4 nitrogen and oxygen atoms in total. The van der Waals surface area contributed by atoms with Gasteiger partial charge in [0, 0.05) is 25.9 Å².